The van der Waals surface area contributed by atoms with E-state index in [9.17, 15) is 26.4 Å². The summed E-state index contributed by atoms with van der Waals surface area (Å²) in [4.78, 5) is 25.1. The number of nitrogens with one attached hydrogen (secondary N) is 2. The van der Waals surface area contributed by atoms with Crippen LogP contribution in [0.1, 0.15) is 42.7 Å². The lowest BCUT2D eigenvalue weighted by molar-refractivity contribution is -0.154. The molecule has 0 aliphatic heterocycles. The number of halogens is 3. The van der Waals surface area contributed by atoms with Gasteiger partial charge in [0.25, 0.3) is 5.91 Å². The molecule has 1 fully saturated rings. The smallest absolute Gasteiger partial charge is 0.422 e. The molecule has 9 nitrogen and oxygen atoms in total. The second-order valence-corrected chi connectivity index (χ2v) is 11.5. The second-order valence-electron chi connectivity index (χ2n) is 8.69. The van der Waals surface area contributed by atoms with Crippen molar-refractivity contribution in [1.82, 2.24) is 20.3 Å². The Balaban J connectivity index is 1.41. The summed E-state index contributed by atoms with van der Waals surface area (Å²) in [6.45, 7) is 2.01. The van der Waals surface area contributed by atoms with E-state index in [0.29, 0.717) is 29.7 Å². The molecule has 36 heavy (non-hydrogen) atoms. The maximum atomic E-state index is 12.8. The Morgan fingerprint density at radius 3 is 2.47 bits per heavy atom. The molecule has 0 atom stereocenters. The SMILES string of the molecule is CC(C)(NC(=O)c1ccc(-c2cncc(OCC(F)(F)F)n2)cc1)c1csc(NS(=O)(=O)C2CC2)n1. The predicted octanol–water partition coefficient (Wildman–Crippen LogP) is 4.11. The Labute approximate surface area is 209 Å². The minimum atomic E-state index is -4.49. The maximum Gasteiger partial charge on any atom is 0.422 e. The van der Waals surface area contributed by atoms with E-state index in [0.717, 1.165) is 17.5 Å². The van der Waals surface area contributed by atoms with Gasteiger partial charge in [-0.15, -0.1) is 11.3 Å². The molecule has 1 aliphatic carbocycles. The van der Waals surface area contributed by atoms with Crippen LogP contribution in [0.2, 0.25) is 0 Å². The molecule has 192 valence electrons. The number of aromatic nitrogens is 3. The predicted molar refractivity (Wildman–Crippen MR) is 127 cm³/mol. The zero-order valence-corrected chi connectivity index (χ0v) is 20.8. The van der Waals surface area contributed by atoms with Gasteiger partial charge in [-0.05, 0) is 38.8 Å². The number of anilines is 1. The van der Waals surface area contributed by atoms with E-state index < -0.39 is 34.3 Å². The van der Waals surface area contributed by atoms with Crippen molar-refractivity contribution in [2.75, 3.05) is 11.3 Å². The Morgan fingerprint density at radius 1 is 1.14 bits per heavy atom. The number of rotatable bonds is 9. The highest BCUT2D eigenvalue weighted by Gasteiger charge is 2.36. The van der Waals surface area contributed by atoms with E-state index in [1.807, 2.05) is 0 Å². The molecule has 2 aromatic heterocycles. The Morgan fingerprint density at radius 2 is 1.83 bits per heavy atom. The van der Waals surface area contributed by atoms with Crippen molar-refractivity contribution in [3.8, 4) is 17.1 Å². The van der Waals surface area contributed by atoms with Crippen LogP contribution in [0, 0.1) is 0 Å². The molecule has 1 saturated carbocycles. The fraction of sp³-hybridized carbons (Fsp3) is 0.364. The van der Waals surface area contributed by atoms with E-state index in [1.165, 1.54) is 6.20 Å². The first-order chi connectivity index (χ1) is 16.8. The van der Waals surface area contributed by atoms with Crippen LogP contribution in [0.3, 0.4) is 0 Å². The first kappa shape index (κ1) is 25.8. The number of hydrogen-bond donors (Lipinski definition) is 2. The number of alkyl halides is 3. The molecule has 0 radical (unpaired) electrons. The molecule has 0 spiro atoms. The largest absolute Gasteiger partial charge is 0.467 e. The van der Waals surface area contributed by atoms with E-state index in [2.05, 4.69) is 29.7 Å². The summed E-state index contributed by atoms with van der Waals surface area (Å²) < 4.78 is 68.5. The third-order valence-corrected chi connectivity index (χ3v) is 7.92. The third-order valence-electron chi connectivity index (χ3n) is 5.20. The van der Waals surface area contributed by atoms with Crippen molar-refractivity contribution in [2.24, 2.45) is 0 Å². The van der Waals surface area contributed by atoms with Gasteiger partial charge in [0.1, 0.15) is 0 Å². The van der Waals surface area contributed by atoms with Gasteiger partial charge in [-0.25, -0.2) is 18.4 Å². The minimum Gasteiger partial charge on any atom is -0.467 e. The monoisotopic (exact) mass is 541 g/mol. The molecule has 4 rings (SSSR count). The van der Waals surface area contributed by atoms with Gasteiger partial charge in [-0.1, -0.05) is 12.1 Å². The summed E-state index contributed by atoms with van der Waals surface area (Å²) >= 11 is 1.14. The van der Waals surface area contributed by atoms with Gasteiger partial charge in [0.2, 0.25) is 15.9 Å². The molecule has 14 heteroatoms. The highest BCUT2D eigenvalue weighted by molar-refractivity contribution is 7.93. The lowest BCUT2D eigenvalue weighted by Gasteiger charge is -2.24. The fourth-order valence-electron chi connectivity index (χ4n) is 3.12. The van der Waals surface area contributed by atoms with Gasteiger partial charge in [-0.3, -0.25) is 14.5 Å². The molecule has 2 N–H and O–H groups in total. The lowest BCUT2D eigenvalue weighted by Crippen LogP contribution is -2.41. The summed E-state index contributed by atoms with van der Waals surface area (Å²) in [5, 5.41) is 4.42. The van der Waals surface area contributed by atoms with Crippen LogP contribution in [-0.4, -0.2) is 47.3 Å². The Kier molecular flexibility index (Phi) is 6.92. The van der Waals surface area contributed by atoms with Gasteiger partial charge in [0.15, 0.2) is 11.7 Å². The lowest BCUT2D eigenvalue weighted by atomic mass is 10.0. The average Bonchev–Trinajstić information content (AvgIpc) is 3.57. The normalized spacial score (nSPS) is 14.4. The number of hydrogen-bond acceptors (Lipinski definition) is 8. The number of nitrogens with zero attached hydrogens (tertiary/aromatic N) is 3. The zero-order chi connectivity index (χ0) is 26.1. The van der Waals surface area contributed by atoms with Crippen LogP contribution in [-0.2, 0) is 15.6 Å². The Bertz CT molecular complexity index is 1350. The number of thiazole rings is 1. The zero-order valence-electron chi connectivity index (χ0n) is 19.2. The minimum absolute atomic E-state index is 0.242. The molecular formula is C22H22F3N5O4S2. The maximum absolute atomic E-state index is 12.8. The van der Waals surface area contributed by atoms with E-state index >= 15 is 0 Å². The van der Waals surface area contributed by atoms with Crippen molar-refractivity contribution in [2.45, 2.75) is 43.7 Å². The summed E-state index contributed by atoms with van der Waals surface area (Å²) in [5.41, 5.74) is 0.741. The average molecular weight is 542 g/mol. The molecule has 0 unspecified atom stereocenters. The molecular weight excluding hydrogens is 519 g/mol. The fourth-order valence-corrected chi connectivity index (χ4v) is 5.59. The summed E-state index contributed by atoms with van der Waals surface area (Å²) in [6.07, 6.45) is -0.767. The summed E-state index contributed by atoms with van der Waals surface area (Å²) in [5.74, 6) is -0.663. The molecule has 1 aliphatic rings. The molecule has 1 amide bonds. The van der Waals surface area contributed by atoms with Crippen LogP contribution < -0.4 is 14.8 Å². The molecule has 0 bridgehead atoms. The molecule has 3 aromatic rings. The van der Waals surface area contributed by atoms with E-state index in [-0.39, 0.29) is 22.0 Å². The molecule has 0 saturated heterocycles. The van der Waals surface area contributed by atoms with E-state index in [4.69, 9.17) is 0 Å². The topological polar surface area (TPSA) is 123 Å². The van der Waals surface area contributed by atoms with Crippen molar-refractivity contribution in [3.05, 3.63) is 53.3 Å². The number of carbonyl (C=O) groups excluding carboxylic acids is 1. The van der Waals surface area contributed by atoms with Crippen LogP contribution in [0.4, 0.5) is 18.3 Å². The van der Waals surface area contributed by atoms with Crippen LogP contribution in [0.5, 0.6) is 5.88 Å². The van der Waals surface area contributed by atoms with Crippen molar-refractivity contribution in [3.63, 3.8) is 0 Å². The third kappa shape index (κ3) is 6.49. The van der Waals surface area contributed by atoms with Gasteiger partial charge in [0, 0.05) is 16.5 Å². The summed E-state index contributed by atoms with van der Waals surface area (Å²) in [6, 6.07) is 6.27. The number of carbonyl (C=O) groups is 1. The number of sulfonamides is 1. The van der Waals surface area contributed by atoms with Crippen LogP contribution in [0.15, 0.2) is 42.0 Å². The van der Waals surface area contributed by atoms with Gasteiger partial charge >= 0.3 is 6.18 Å². The number of amides is 1. The first-order valence-electron chi connectivity index (χ1n) is 10.7. The van der Waals surface area contributed by atoms with Crippen molar-refractivity contribution < 1.29 is 31.1 Å². The highest BCUT2D eigenvalue weighted by Crippen LogP contribution is 2.32. The van der Waals surface area contributed by atoms with Crippen LogP contribution in [0.25, 0.3) is 11.3 Å². The summed E-state index contributed by atoms with van der Waals surface area (Å²) in [7, 11) is -3.43. The van der Waals surface area contributed by atoms with Gasteiger partial charge in [-0.2, -0.15) is 13.2 Å². The number of benzene rings is 1. The molecule has 2 heterocycles. The quantitative estimate of drug-likeness (QED) is 0.418. The van der Waals surface area contributed by atoms with E-state index in [1.54, 1.807) is 43.5 Å². The van der Waals surface area contributed by atoms with Crippen LogP contribution >= 0.6 is 11.3 Å². The highest BCUT2D eigenvalue weighted by atomic mass is 32.2. The Hall–Kier alpha value is -3.26. The van der Waals surface area contributed by atoms with Gasteiger partial charge in [0.05, 0.1) is 34.6 Å². The second kappa shape index (κ2) is 9.65. The first-order valence-corrected chi connectivity index (χ1v) is 13.2. The standard InChI is InChI=1S/C22H22F3N5O4S2/c1-21(2,17-11-35-20(28-17)30-36(32,33)15-7-8-15)29-19(31)14-5-3-13(4-6-14)16-9-26-10-18(27-16)34-12-22(23,24)25/h3-6,9-11,15H,7-8,12H2,1-2H3,(H,28,30)(H,29,31). The van der Waals surface area contributed by atoms with Crippen molar-refractivity contribution >= 4 is 32.4 Å². The molecule has 1 aromatic carbocycles. The van der Waals surface area contributed by atoms with Gasteiger partial charge < -0.3 is 10.1 Å². The number of ether oxygens (including phenoxy) is 1. The van der Waals surface area contributed by atoms with Crippen molar-refractivity contribution in [1.29, 1.82) is 0 Å².